The Kier molecular flexibility index (Phi) is 6.36. The van der Waals surface area contributed by atoms with Crippen molar-refractivity contribution in [2.75, 3.05) is 0 Å². The quantitative estimate of drug-likeness (QED) is 0.596. The minimum Gasteiger partial charge on any atom is -0.198 e. The highest BCUT2D eigenvalue weighted by Crippen LogP contribution is 2.36. The van der Waals surface area contributed by atoms with Crippen LogP contribution in [0.1, 0.15) is 88.2 Å². The third-order valence-electron chi connectivity index (χ3n) is 6.75. The van der Waals surface area contributed by atoms with Crippen molar-refractivity contribution in [2.45, 2.75) is 83.5 Å². The van der Waals surface area contributed by atoms with Gasteiger partial charge in [-0.3, -0.25) is 0 Å². The molecule has 2 saturated carbocycles. The van der Waals surface area contributed by atoms with Crippen LogP contribution in [-0.2, 0) is 6.42 Å². The van der Waals surface area contributed by atoms with Crippen LogP contribution in [0.3, 0.4) is 0 Å². The summed E-state index contributed by atoms with van der Waals surface area (Å²) in [5.74, 6) is 2.97. The van der Waals surface area contributed by atoms with Gasteiger partial charge in [-0.25, -0.2) is 0 Å². The lowest BCUT2D eigenvalue weighted by molar-refractivity contribution is 0.259. The van der Waals surface area contributed by atoms with Gasteiger partial charge in [-0.05, 0) is 67.4 Å². The summed E-state index contributed by atoms with van der Waals surface area (Å²) < 4.78 is 0. The Morgan fingerprint density at radius 3 is 2.08 bits per heavy atom. The monoisotopic (exact) mass is 323 g/mol. The molecule has 3 rings (SSSR count). The molecule has 0 amide bonds. The molecule has 0 radical (unpaired) electrons. The number of hydrogen-bond donors (Lipinski definition) is 0. The van der Waals surface area contributed by atoms with Crippen LogP contribution in [-0.4, -0.2) is 0 Å². The Balaban J connectivity index is 1.44. The zero-order chi connectivity index (χ0) is 16.8. The molecule has 2 fully saturated rings. The van der Waals surface area contributed by atoms with E-state index in [1.807, 2.05) is 0 Å². The summed E-state index contributed by atoms with van der Waals surface area (Å²) in [4.78, 5) is 0. The summed E-state index contributed by atoms with van der Waals surface area (Å²) in [7, 11) is 0. The summed E-state index contributed by atoms with van der Waals surface area (Å²) in [6, 6.07) is 11.9. The molecule has 1 heteroatoms. The van der Waals surface area contributed by atoms with E-state index in [0.29, 0.717) is 11.8 Å². The van der Waals surface area contributed by atoms with Gasteiger partial charge in [0.2, 0.25) is 0 Å². The molecular weight excluding hydrogens is 290 g/mol. The molecule has 2 aliphatic carbocycles. The van der Waals surface area contributed by atoms with Gasteiger partial charge >= 0.3 is 0 Å². The fourth-order valence-corrected chi connectivity index (χ4v) is 4.81. The van der Waals surface area contributed by atoms with Gasteiger partial charge in [0.25, 0.3) is 0 Å². The molecule has 1 nitrogen and oxygen atoms in total. The maximum Gasteiger partial charge on any atom is 0.0655 e. The Morgan fingerprint density at radius 2 is 1.50 bits per heavy atom. The van der Waals surface area contributed by atoms with Crippen molar-refractivity contribution in [3.63, 3.8) is 0 Å². The fraction of sp³-hybridized carbons (Fsp3) is 0.696. The molecule has 0 bridgehead atoms. The van der Waals surface area contributed by atoms with Crippen molar-refractivity contribution < 1.29 is 0 Å². The molecule has 0 aliphatic heterocycles. The zero-order valence-electron chi connectivity index (χ0n) is 15.3. The van der Waals surface area contributed by atoms with Crippen molar-refractivity contribution in [1.29, 1.82) is 5.26 Å². The van der Waals surface area contributed by atoms with Crippen molar-refractivity contribution in [1.82, 2.24) is 0 Å². The minimum absolute atomic E-state index is 0.309. The lowest BCUT2D eigenvalue weighted by atomic mass is 9.78. The van der Waals surface area contributed by atoms with Gasteiger partial charge in [-0.15, -0.1) is 0 Å². The standard InChI is InChI=1S/C23H33N/c1-2-18-3-5-19(6-4-18)7-8-20-9-13-22(14-10-20)23-15-11-21(17-24)12-16-23/h9-10,13-14,18-19,21,23H,2-8,11-12,15-16H2,1H3/t18-,19-,21-,23-. The van der Waals surface area contributed by atoms with Gasteiger partial charge in [0.15, 0.2) is 0 Å². The Morgan fingerprint density at radius 1 is 0.875 bits per heavy atom. The van der Waals surface area contributed by atoms with E-state index < -0.39 is 0 Å². The molecule has 0 unspecified atom stereocenters. The second-order valence-electron chi connectivity index (χ2n) is 8.25. The molecule has 1 aromatic rings. The number of benzene rings is 1. The number of hydrogen-bond acceptors (Lipinski definition) is 1. The van der Waals surface area contributed by atoms with E-state index in [4.69, 9.17) is 5.26 Å². The Labute approximate surface area is 148 Å². The lowest BCUT2D eigenvalue weighted by Gasteiger charge is -2.28. The van der Waals surface area contributed by atoms with Crippen LogP contribution in [0.4, 0.5) is 0 Å². The first-order chi connectivity index (χ1) is 11.8. The second-order valence-corrected chi connectivity index (χ2v) is 8.25. The van der Waals surface area contributed by atoms with Crippen LogP contribution in [0.15, 0.2) is 24.3 Å². The molecule has 0 N–H and O–H groups in total. The van der Waals surface area contributed by atoms with Crippen LogP contribution in [0.2, 0.25) is 0 Å². The van der Waals surface area contributed by atoms with Crippen LogP contribution >= 0.6 is 0 Å². The predicted molar refractivity (Wildman–Crippen MR) is 101 cm³/mol. The van der Waals surface area contributed by atoms with Crippen LogP contribution in [0.5, 0.6) is 0 Å². The highest BCUT2D eigenvalue weighted by molar-refractivity contribution is 5.26. The first kappa shape index (κ1) is 17.5. The lowest BCUT2D eigenvalue weighted by Crippen LogP contribution is -2.14. The molecule has 24 heavy (non-hydrogen) atoms. The van der Waals surface area contributed by atoms with E-state index in [9.17, 15) is 0 Å². The average molecular weight is 324 g/mol. The van der Waals surface area contributed by atoms with E-state index in [2.05, 4.69) is 37.3 Å². The number of rotatable bonds is 5. The number of nitriles is 1. The SMILES string of the molecule is CC[C@H]1CC[C@H](CCc2ccc([C@H]3CC[C@H](C#N)CC3)cc2)CC1. The predicted octanol–water partition coefficient (Wildman–Crippen LogP) is 6.63. The topological polar surface area (TPSA) is 23.8 Å². The van der Waals surface area contributed by atoms with Gasteiger partial charge in [0.1, 0.15) is 0 Å². The van der Waals surface area contributed by atoms with Gasteiger partial charge in [0.05, 0.1) is 6.07 Å². The minimum atomic E-state index is 0.309. The van der Waals surface area contributed by atoms with E-state index >= 15 is 0 Å². The van der Waals surface area contributed by atoms with Gasteiger partial charge < -0.3 is 0 Å². The van der Waals surface area contributed by atoms with Gasteiger partial charge in [-0.1, -0.05) is 63.3 Å². The molecule has 0 aromatic heterocycles. The van der Waals surface area contributed by atoms with Crippen molar-refractivity contribution >= 4 is 0 Å². The molecular formula is C23H33N. The van der Waals surface area contributed by atoms with E-state index in [1.54, 1.807) is 0 Å². The van der Waals surface area contributed by atoms with Crippen LogP contribution < -0.4 is 0 Å². The van der Waals surface area contributed by atoms with Gasteiger partial charge in [0, 0.05) is 5.92 Å². The molecule has 0 saturated heterocycles. The molecule has 2 aliphatic rings. The van der Waals surface area contributed by atoms with E-state index in [0.717, 1.165) is 24.7 Å². The van der Waals surface area contributed by atoms with Gasteiger partial charge in [-0.2, -0.15) is 5.26 Å². The summed E-state index contributed by atoms with van der Waals surface area (Å²) in [5.41, 5.74) is 3.01. The average Bonchev–Trinajstić information content (AvgIpc) is 2.67. The van der Waals surface area contributed by atoms with Crippen LogP contribution in [0, 0.1) is 29.1 Å². The first-order valence-electron chi connectivity index (χ1n) is 10.3. The zero-order valence-corrected chi connectivity index (χ0v) is 15.3. The molecule has 1 aromatic carbocycles. The van der Waals surface area contributed by atoms with E-state index in [-0.39, 0.29) is 0 Å². The number of aryl methyl sites for hydroxylation is 1. The summed E-state index contributed by atoms with van der Waals surface area (Å²) in [5, 5.41) is 9.03. The molecule has 130 valence electrons. The number of nitrogens with zero attached hydrogens (tertiary/aromatic N) is 1. The highest BCUT2D eigenvalue weighted by atomic mass is 14.3. The summed E-state index contributed by atoms with van der Waals surface area (Å²) >= 11 is 0. The molecule has 0 spiro atoms. The molecule has 0 atom stereocenters. The second kappa shape index (κ2) is 8.70. The summed E-state index contributed by atoms with van der Waals surface area (Å²) in [6.07, 6.45) is 14.4. The summed E-state index contributed by atoms with van der Waals surface area (Å²) in [6.45, 7) is 2.35. The first-order valence-corrected chi connectivity index (χ1v) is 10.3. The van der Waals surface area contributed by atoms with E-state index in [1.165, 1.54) is 68.9 Å². The maximum atomic E-state index is 9.03. The van der Waals surface area contributed by atoms with Crippen molar-refractivity contribution in [3.8, 4) is 6.07 Å². The highest BCUT2D eigenvalue weighted by Gasteiger charge is 2.22. The van der Waals surface area contributed by atoms with Crippen molar-refractivity contribution in [3.05, 3.63) is 35.4 Å². The van der Waals surface area contributed by atoms with Crippen molar-refractivity contribution in [2.24, 2.45) is 17.8 Å². The maximum absolute atomic E-state index is 9.03. The third-order valence-corrected chi connectivity index (χ3v) is 6.75. The van der Waals surface area contributed by atoms with Crippen LogP contribution in [0.25, 0.3) is 0 Å². The largest absolute Gasteiger partial charge is 0.198 e. The smallest absolute Gasteiger partial charge is 0.0655 e. The Hall–Kier alpha value is -1.29. The third kappa shape index (κ3) is 4.62. The normalized spacial score (nSPS) is 30.7. The molecule has 0 heterocycles. The Bertz CT molecular complexity index is 522. The fourth-order valence-electron chi connectivity index (χ4n) is 4.81.